The van der Waals surface area contributed by atoms with Crippen molar-refractivity contribution in [2.75, 3.05) is 13.7 Å². The molecule has 0 aliphatic heterocycles. The van der Waals surface area contributed by atoms with Crippen molar-refractivity contribution in [2.24, 2.45) is 0 Å². The Morgan fingerprint density at radius 3 is 2.71 bits per heavy atom. The normalized spacial score (nSPS) is 12.9. The van der Waals surface area contributed by atoms with Crippen LogP contribution in [-0.2, 0) is 0 Å². The van der Waals surface area contributed by atoms with Crippen LogP contribution in [-0.4, -0.2) is 24.9 Å². The zero-order valence-corrected chi connectivity index (χ0v) is 14.2. The van der Waals surface area contributed by atoms with Crippen LogP contribution >= 0.6 is 0 Å². The molecule has 0 aliphatic carbocycles. The minimum Gasteiger partial charge on any atom is -0.490 e. The molecule has 0 aliphatic rings. The molecule has 2 aromatic rings. The first-order valence-electron chi connectivity index (χ1n) is 7.65. The van der Waals surface area contributed by atoms with Gasteiger partial charge in [0.25, 0.3) is 0 Å². The van der Waals surface area contributed by atoms with E-state index in [-0.39, 0.29) is 0 Å². The highest BCUT2D eigenvalue weighted by atomic mass is 16.5. The highest BCUT2D eigenvalue weighted by Crippen LogP contribution is 2.34. The molecule has 1 aromatic heterocycles. The van der Waals surface area contributed by atoms with Gasteiger partial charge >= 0.3 is 5.63 Å². The number of fused-ring (bicyclic) bond motifs is 1. The molecule has 1 aromatic carbocycles. The average Bonchev–Trinajstić information content (AvgIpc) is 2.54. The summed E-state index contributed by atoms with van der Waals surface area (Å²) in [4.78, 5) is 11.4. The van der Waals surface area contributed by atoms with Gasteiger partial charge in [-0.1, -0.05) is 17.7 Å². The maximum absolute atomic E-state index is 11.4. The number of aliphatic hydroxyl groups is 1. The molecule has 1 N–H and O–H groups in total. The van der Waals surface area contributed by atoms with E-state index >= 15 is 0 Å². The van der Waals surface area contributed by atoms with E-state index in [0.29, 0.717) is 30.1 Å². The average molecular weight is 330 g/mol. The zero-order valence-electron chi connectivity index (χ0n) is 14.2. The van der Waals surface area contributed by atoms with E-state index in [1.165, 1.54) is 13.2 Å². The summed E-state index contributed by atoms with van der Waals surface area (Å²) < 4.78 is 16.3. The van der Waals surface area contributed by atoms with Gasteiger partial charge in [0.1, 0.15) is 6.61 Å². The molecule has 2 rings (SSSR count). The molecule has 0 saturated heterocycles. The molecule has 0 fully saturated rings. The van der Waals surface area contributed by atoms with Gasteiger partial charge in [0, 0.05) is 11.5 Å². The predicted octanol–water partition coefficient (Wildman–Crippen LogP) is 3.45. The van der Waals surface area contributed by atoms with E-state index in [2.05, 4.69) is 6.58 Å². The number of hydrogen-bond acceptors (Lipinski definition) is 5. The van der Waals surface area contributed by atoms with Crippen LogP contribution in [0.2, 0.25) is 0 Å². The van der Waals surface area contributed by atoms with Crippen LogP contribution in [0.1, 0.15) is 20.3 Å². The van der Waals surface area contributed by atoms with Crippen LogP contribution in [0.15, 0.2) is 57.3 Å². The summed E-state index contributed by atoms with van der Waals surface area (Å²) in [6.07, 6.45) is 1.85. The van der Waals surface area contributed by atoms with Gasteiger partial charge in [-0.05, 0) is 44.5 Å². The minimum atomic E-state index is -0.550. The van der Waals surface area contributed by atoms with Crippen LogP contribution in [0, 0.1) is 0 Å². The fourth-order valence-electron chi connectivity index (χ4n) is 2.23. The van der Waals surface area contributed by atoms with Crippen LogP contribution < -0.4 is 15.1 Å². The van der Waals surface area contributed by atoms with E-state index in [1.54, 1.807) is 25.1 Å². The van der Waals surface area contributed by atoms with Gasteiger partial charge in [0.15, 0.2) is 11.3 Å². The van der Waals surface area contributed by atoms with Crippen molar-refractivity contribution in [2.45, 2.75) is 26.4 Å². The quantitative estimate of drug-likeness (QED) is 0.622. The van der Waals surface area contributed by atoms with Gasteiger partial charge in [0.05, 0.1) is 13.2 Å². The third-order valence-electron chi connectivity index (χ3n) is 3.67. The molecule has 128 valence electrons. The molecule has 0 saturated carbocycles. The van der Waals surface area contributed by atoms with Crippen molar-refractivity contribution < 1.29 is 19.0 Å². The fourth-order valence-corrected chi connectivity index (χ4v) is 2.23. The highest BCUT2D eigenvalue weighted by Gasteiger charge is 2.12. The van der Waals surface area contributed by atoms with E-state index in [4.69, 9.17) is 13.9 Å². The first kappa shape index (κ1) is 17.8. The second kappa shape index (κ2) is 7.84. The van der Waals surface area contributed by atoms with Crippen LogP contribution in [0.4, 0.5) is 0 Å². The SMILES string of the molecule is C=C(C)C(O)C/C(C)=C/COc1ccc2ccc(=O)oc2c1OC. The predicted molar refractivity (Wildman–Crippen MR) is 93.7 cm³/mol. The maximum atomic E-state index is 11.4. The lowest BCUT2D eigenvalue weighted by atomic mass is 10.1. The summed E-state index contributed by atoms with van der Waals surface area (Å²) in [5.74, 6) is 0.877. The third-order valence-corrected chi connectivity index (χ3v) is 3.67. The van der Waals surface area contributed by atoms with Crippen LogP contribution in [0.25, 0.3) is 11.0 Å². The summed E-state index contributed by atoms with van der Waals surface area (Å²) >= 11 is 0. The lowest BCUT2D eigenvalue weighted by molar-refractivity contribution is 0.211. The van der Waals surface area contributed by atoms with Crippen molar-refractivity contribution in [3.8, 4) is 11.5 Å². The first-order valence-corrected chi connectivity index (χ1v) is 7.65. The molecule has 5 nitrogen and oxygen atoms in total. The first-order chi connectivity index (χ1) is 11.4. The van der Waals surface area contributed by atoms with Crippen LogP contribution in [0.5, 0.6) is 11.5 Å². The number of hydrogen-bond donors (Lipinski definition) is 1. The van der Waals surface area contributed by atoms with Gasteiger partial charge in [-0.3, -0.25) is 0 Å². The third kappa shape index (κ3) is 4.26. The Morgan fingerprint density at radius 2 is 2.04 bits per heavy atom. The second-order valence-corrected chi connectivity index (χ2v) is 5.70. The van der Waals surface area contributed by atoms with E-state index < -0.39 is 11.7 Å². The summed E-state index contributed by atoms with van der Waals surface area (Å²) in [7, 11) is 1.50. The monoisotopic (exact) mass is 330 g/mol. The Hall–Kier alpha value is -2.53. The fraction of sp³-hybridized carbons (Fsp3) is 0.316. The molecule has 0 bridgehead atoms. The van der Waals surface area contributed by atoms with E-state index in [9.17, 15) is 9.90 Å². The largest absolute Gasteiger partial charge is 0.490 e. The molecule has 1 unspecified atom stereocenters. The molecular weight excluding hydrogens is 308 g/mol. The van der Waals surface area contributed by atoms with Gasteiger partial charge in [-0.2, -0.15) is 0 Å². The number of methoxy groups -OCH3 is 1. The highest BCUT2D eigenvalue weighted by molar-refractivity contribution is 5.85. The molecule has 1 atom stereocenters. The molecule has 0 amide bonds. The lowest BCUT2D eigenvalue weighted by Gasteiger charge is -2.12. The summed E-state index contributed by atoms with van der Waals surface area (Å²) in [5.41, 5.74) is 1.65. The lowest BCUT2D eigenvalue weighted by Crippen LogP contribution is -2.08. The van der Waals surface area contributed by atoms with Crippen molar-refractivity contribution >= 4 is 11.0 Å². The number of benzene rings is 1. The summed E-state index contributed by atoms with van der Waals surface area (Å²) in [6.45, 7) is 7.76. The van der Waals surface area contributed by atoms with Crippen molar-refractivity contribution in [3.05, 3.63) is 58.5 Å². The smallest absolute Gasteiger partial charge is 0.336 e. The number of aliphatic hydroxyl groups excluding tert-OH is 1. The molecule has 0 spiro atoms. The van der Waals surface area contributed by atoms with E-state index in [0.717, 1.165) is 16.5 Å². The second-order valence-electron chi connectivity index (χ2n) is 5.70. The topological polar surface area (TPSA) is 68.9 Å². The number of ether oxygens (including phenoxy) is 2. The Bertz CT molecular complexity index is 816. The van der Waals surface area contributed by atoms with Crippen LogP contribution in [0.3, 0.4) is 0 Å². The molecule has 1 heterocycles. The summed E-state index contributed by atoms with van der Waals surface area (Å²) in [5, 5.41) is 10.6. The Balaban J connectivity index is 2.15. The minimum absolute atomic E-state index is 0.313. The Morgan fingerprint density at radius 1 is 1.33 bits per heavy atom. The standard InChI is InChI=1S/C19H22O5/c1-12(2)15(20)11-13(3)9-10-23-16-7-5-14-6-8-17(21)24-18(14)19(16)22-4/h5-9,15,20H,1,10-11H2,2-4H3/b13-9+. The number of rotatable bonds is 7. The molecule has 24 heavy (non-hydrogen) atoms. The van der Waals surface area contributed by atoms with Gasteiger partial charge in [0.2, 0.25) is 5.75 Å². The zero-order chi connectivity index (χ0) is 17.7. The Kier molecular flexibility index (Phi) is 5.82. The van der Waals surface area contributed by atoms with Gasteiger partial charge < -0.3 is 19.0 Å². The van der Waals surface area contributed by atoms with E-state index in [1.807, 2.05) is 13.0 Å². The molecule has 0 radical (unpaired) electrons. The maximum Gasteiger partial charge on any atom is 0.336 e. The van der Waals surface area contributed by atoms with Crippen molar-refractivity contribution in [1.29, 1.82) is 0 Å². The Labute approximate surface area is 140 Å². The van der Waals surface area contributed by atoms with Crippen molar-refractivity contribution in [3.63, 3.8) is 0 Å². The molecular formula is C19H22O5. The van der Waals surface area contributed by atoms with Gasteiger partial charge in [-0.25, -0.2) is 4.79 Å². The van der Waals surface area contributed by atoms with Crippen molar-refractivity contribution in [1.82, 2.24) is 0 Å². The molecule has 5 heteroatoms. The van der Waals surface area contributed by atoms with Gasteiger partial charge in [-0.15, -0.1) is 0 Å². The summed E-state index contributed by atoms with van der Waals surface area (Å²) in [6, 6.07) is 6.61.